The monoisotopic (exact) mass is 222 g/mol. The van der Waals surface area contributed by atoms with Crippen LogP contribution in [0.25, 0.3) is 0 Å². The number of benzene rings is 1. The summed E-state index contributed by atoms with van der Waals surface area (Å²) in [6.45, 7) is 8.10. The van der Waals surface area contributed by atoms with Crippen LogP contribution in [-0.2, 0) is 9.53 Å². The van der Waals surface area contributed by atoms with Crippen molar-refractivity contribution in [1.82, 2.24) is 0 Å². The molecule has 88 valence electrons. The number of carbonyl (C=O) groups is 1. The molecule has 0 aliphatic heterocycles. The third-order valence-electron chi connectivity index (χ3n) is 2.72. The largest absolute Gasteiger partial charge is 0.479 e. The molecule has 0 spiro atoms. The highest BCUT2D eigenvalue weighted by Gasteiger charge is 2.22. The van der Waals surface area contributed by atoms with Crippen LogP contribution < -0.4 is 0 Å². The number of ether oxygens (including phenoxy) is 1. The highest BCUT2D eigenvalue weighted by atomic mass is 16.5. The Labute approximate surface area is 96.1 Å². The highest BCUT2D eigenvalue weighted by Crippen LogP contribution is 2.24. The molecule has 0 radical (unpaired) electrons. The van der Waals surface area contributed by atoms with Gasteiger partial charge in [0, 0.05) is 6.61 Å². The highest BCUT2D eigenvalue weighted by molar-refractivity contribution is 5.75. The van der Waals surface area contributed by atoms with Gasteiger partial charge in [0.15, 0.2) is 6.10 Å². The number of rotatable bonds is 4. The van der Waals surface area contributed by atoms with Crippen LogP contribution in [-0.4, -0.2) is 17.7 Å². The van der Waals surface area contributed by atoms with Gasteiger partial charge in [-0.05, 0) is 49.9 Å². The van der Waals surface area contributed by atoms with Crippen LogP contribution in [0.5, 0.6) is 0 Å². The normalized spacial score (nSPS) is 12.5. The molecule has 1 unspecified atom stereocenters. The molecular formula is C13H18O3. The lowest BCUT2D eigenvalue weighted by Crippen LogP contribution is -2.16. The number of carboxylic acid groups (broad SMARTS) is 1. The first kappa shape index (κ1) is 12.7. The fraction of sp³-hybridized carbons (Fsp3) is 0.462. The molecule has 1 aromatic carbocycles. The van der Waals surface area contributed by atoms with Gasteiger partial charge in [-0.3, -0.25) is 0 Å². The standard InChI is InChI=1S/C13H18O3/c1-5-16-12(13(14)15)11-7-9(3)8(2)6-10(11)4/h6-7,12H,5H2,1-4H3,(H,14,15). The zero-order valence-electron chi connectivity index (χ0n) is 10.2. The fourth-order valence-corrected chi connectivity index (χ4v) is 1.73. The fourth-order valence-electron chi connectivity index (χ4n) is 1.73. The van der Waals surface area contributed by atoms with Crippen LogP contribution >= 0.6 is 0 Å². The van der Waals surface area contributed by atoms with Crippen molar-refractivity contribution in [3.05, 3.63) is 34.4 Å². The molecule has 1 aromatic rings. The van der Waals surface area contributed by atoms with E-state index in [2.05, 4.69) is 0 Å². The summed E-state index contributed by atoms with van der Waals surface area (Å²) in [6.07, 6.45) is -0.857. The molecule has 0 aliphatic carbocycles. The van der Waals surface area contributed by atoms with Gasteiger partial charge in [0.05, 0.1) is 0 Å². The first-order chi connectivity index (χ1) is 7.47. The molecule has 0 saturated heterocycles. The first-order valence-corrected chi connectivity index (χ1v) is 5.39. The molecule has 0 aliphatic rings. The minimum Gasteiger partial charge on any atom is -0.479 e. The summed E-state index contributed by atoms with van der Waals surface area (Å²) in [4.78, 5) is 11.1. The van der Waals surface area contributed by atoms with Gasteiger partial charge in [0.25, 0.3) is 0 Å². The third-order valence-corrected chi connectivity index (χ3v) is 2.72. The van der Waals surface area contributed by atoms with Crippen molar-refractivity contribution in [1.29, 1.82) is 0 Å². The molecule has 16 heavy (non-hydrogen) atoms. The van der Waals surface area contributed by atoms with Crippen LogP contribution in [0.4, 0.5) is 0 Å². The van der Waals surface area contributed by atoms with Crippen molar-refractivity contribution in [3.8, 4) is 0 Å². The molecule has 1 atom stereocenters. The van der Waals surface area contributed by atoms with Gasteiger partial charge in [-0.1, -0.05) is 12.1 Å². The number of aliphatic carboxylic acids is 1. The van der Waals surface area contributed by atoms with Crippen molar-refractivity contribution in [2.75, 3.05) is 6.61 Å². The SMILES string of the molecule is CCOC(C(=O)O)c1cc(C)c(C)cc1C. The second kappa shape index (κ2) is 5.12. The first-order valence-electron chi connectivity index (χ1n) is 5.39. The lowest BCUT2D eigenvalue weighted by Gasteiger charge is -2.17. The molecule has 1 N–H and O–H groups in total. The van der Waals surface area contributed by atoms with Crippen molar-refractivity contribution in [2.24, 2.45) is 0 Å². The van der Waals surface area contributed by atoms with E-state index >= 15 is 0 Å². The van der Waals surface area contributed by atoms with Gasteiger partial charge in [0.2, 0.25) is 0 Å². The van der Waals surface area contributed by atoms with E-state index in [1.54, 1.807) is 6.92 Å². The Balaban J connectivity index is 3.18. The van der Waals surface area contributed by atoms with E-state index < -0.39 is 12.1 Å². The van der Waals surface area contributed by atoms with E-state index in [0.717, 1.165) is 16.7 Å². The molecule has 3 heteroatoms. The molecular weight excluding hydrogens is 204 g/mol. The summed E-state index contributed by atoms with van der Waals surface area (Å²) in [7, 11) is 0. The number of carboxylic acids is 1. The maximum atomic E-state index is 11.1. The Morgan fingerprint density at radius 3 is 2.31 bits per heavy atom. The van der Waals surface area contributed by atoms with Gasteiger partial charge >= 0.3 is 5.97 Å². The smallest absolute Gasteiger partial charge is 0.337 e. The lowest BCUT2D eigenvalue weighted by atomic mass is 9.97. The molecule has 0 aromatic heterocycles. The predicted molar refractivity (Wildman–Crippen MR) is 62.7 cm³/mol. The minimum atomic E-state index is -0.937. The van der Waals surface area contributed by atoms with E-state index in [9.17, 15) is 4.79 Å². The summed E-state index contributed by atoms with van der Waals surface area (Å²) in [5.41, 5.74) is 3.97. The Kier molecular flexibility index (Phi) is 4.07. The number of hydrogen-bond acceptors (Lipinski definition) is 2. The number of aryl methyl sites for hydroxylation is 3. The Bertz CT molecular complexity index is 396. The van der Waals surface area contributed by atoms with Gasteiger partial charge in [-0.15, -0.1) is 0 Å². The maximum absolute atomic E-state index is 11.1. The van der Waals surface area contributed by atoms with E-state index in [1.807, 2.05) is 32.9 Å². The van der Waals surface area contributed by atoms with Gasteiger partial charge < -0.3 is 9.84 Å². The lowest BCUT2D eigenvalue weighted by molar-refractivity contribution is -0.150. The van der Waals surface area contributed by atoms with Crippen molar-refractivity contribution < 1.29 is 14.6 Å². The second-order valence-corrected chi connectivity index (χ2v) is 3.97. The zero-order chi connectivity index (χ0) is 12.3. The van der Waals surface area contributed by atoms with Gasteiger partial charge in [-0.25, -0.2) is 4.79 Å². The van der Waals surface area contributed by atoms with E-state index in [4.69, 9.17) is 9.84 Å². The Morgan fingerprint density at radius 1 is 1.25 bits per heavy atom. The van der Waals surface area contributed by atoms with Gasteiger partial charge in [-0.2, -0.15) is 0 Å². The Hall–Kier alpha value is -1.35. The van der Waals surface area contributed by atoms with E-state index in [-0.39, 0.29) is 0 Å². The van der Waals surface area contributed by atoms with Gasteiger partial charge in [0.1, 0.15) is 0 Å². The molecule has 0 saturated carbocycles. The van der Waals surface area contributed by atoms with Crippen LogP contribution in [0, 0.1) is 20.8 Å². The average molecular weight is 222 g/mol. The summed E-state index contributed by atoms with van der Waals surface area (Å²) < 4.78 is 5.27. The van der Waals surface area contributed by atoms with Crippen LogP contribution in [0.15, 0.2) is 12.1 Å². The summed E-state index contributed by atoms with van der Waals surface area (Å²) in [5.74, 6) is -0.937. The van der Waals surface area contributed by atoms with Crippen LogP contribution in [0.3, 0.4) is 0 Å². The van der Waals surface area contributed by atoms with E-state index in [1.165, 1.54) is 5.56 Å². The zero-order valence-corrected chi connectivity index (χ0v) is 10.2. The minimum absolute atomic E-state index is 0.392. The van der Waals surface area contributed by atoms with Crippen LogP contribution in [0.1, 0.15) is 35.3 Å². The topological polar surface area (TPSA) is 46.5 Å². The summed E-state index contributed by atoms with van der Waals surface area (Å²) in [5, 5.41) is 9.12. The molecule has 0 amide bonds. The Morgan fingerprint density at radius 2 is 1.81 bits per heavy atom. The molecule has 0 heterocycles. The molecule has 1 rings (SSSR count). The summed E-state index contributed by atoms with van der Waals surface area (Å²) in [6, 6.07) is 3.90. The van der Waals surface area contributed by atoms with Crippen molar-refractivity contribution in [3.63, 3.8) is 0 Å². The molecule has 3 nitrogen and oxygen atoms in total. The van der Waals surface area contributed by atoms with E-state index in [0.29, 0.717) is 6.61 Å². The van der Waals surface area contributed by atoms with Crippen LogP contribution in [0.2, 0.25) is 0 Å². The quantitative estimate of drug-likeness (QED) is 0.852. The maximum Gasteiger partial charge on any atom is 0.337 e. The predicted octanol–water partition coefficient (Wildman–Crippen LogP) is 2.77. The van der Waals surface area contributed by atoms with Crippen molar-refractivity contribution in [2.45, 2.75) is 33.8 Å². The molecule has 0 fully saturated rings. The van der Waals surface area contributed by atoms with Crippen molar-refractivity contribution >= 4 is 5.97 Å². The third kappa shape index (κ3) is 2.61. The average Bonchev–Trinajstić information content (AvgIpc) is 2.20. The summed E-state index contributed by atoms with van der Waals surface area (Å²) >= 11 is 0. The molecule has 0 bridgehead atoms. The second-order valence-electron chi connectivity index (χ2n) is 3.97. The number of hydrogen-bond donors (Lipinski definition) is 1.